The summed E-state index contributed by atoms with van der Waals surface area (Å²) < 4.78 is 9.99. The van der Waals surface area contributed by atoms with Crippen molar-refractivity contribution in [3.8, 4) is 0 Å². The van der Waals surface area contributed by atoms with Crippen molar-refractivity contribution in [2.75, 3.05) is 30.9 Å². The van der Waals surface area contributed by atoms with Crippen molar-refractivity contribution in [1.29, 1.82) is 0 Å². The fourth-order valence-corrected chi connectivity index (χ4v) is 2.41. The summed E-state index contributed by atoms with van der Waals surface area (Å²) >= 11 is 5.87. The lowest BCUT2D eigenvalue weighted by molar-refractivity contribution is -0.384. The summed E-state index contributed by atoms with van der Waals surface area (Å²) in [5, 5.41) is 16.7. The summed E-state index contributed by atoms with van der Waals surface area (Å²) in [6.07, 6.45) is 0.291. The standard InChI is InChI=1S/C18H19ClN4O6/c1-11(17(24)22-14-4-3-7-21-16(14)19)29-18(25)12-5-6-13(20-8-9-28-2)15(10-12)23(26)27/h3-7,10-11,20H,8-9H2,1-2H3,(H,22,24). The molecule has 2 rings (SSSR count). The monoisotopic (exact) mass is 422 g/mol. The van der Waals surface area contributed by atoms with E-state index in [2.05, 4.69) is 15.6 Å². The molecule has 10 nitrogen and oxygen atoms in total. The van der Waals surface area contributed by atoms with Crippen LogP contribution >= 0.6 is 11.6 Å². The Kier molecular flexibility index (Phi) is 7.87. The highest BCUT2D eigenvalue weighted by atomic mass is 35.5. The summed E-state index contributed by atoms with van der Waals surface area (Å²) in [4.78, 5) is 39.0. The highest BCUT2D eigenvalue weighted by Crippen LogP contribution is 2.26. The Morgan fingerprint density at radius 3 is 2.72 bits per heavy atom. The Labute approximate surface area is 171 Å². The van der Waals surface area contributed by atoms with E-state index in [-0.39, 0.29) is 27.8 Å². The van der Waals surface area contributed by atoms with Gasteiger partial charge in [0.05, 0.1) is 22.8 Å². The van der Waals surface area contributed by atoms with Gasteiger partial charge in [-0.1, -0.05) is 11.6 Å². The molecule has 1 atom stereocenters. The Bertz CT molecular complexity index is 908. The molecule has 2 N–H and O–H groups in total. The topological polar surface area (TPSA) is 133 Å². The van der Waals surface area contributed by atoms with Crippen LogP contribution in [0.2, 0.25) is 5.15 Å². The van der Waals surface area contributed by atoms with Crippen LogP contribution in [0.4, 0.5) is 17.1 Å². The minimum Gasteiger partial charge on any atom is -0.449 e. The lowest BCUT2D eigenvalue weighted by Gasteiger charge is -2.14. The number of nitrogens with one attached hydrogen (secondary N) is 2. The van der Waals surface area contributed by atoms with E-state index in [0.29, 0.717) is 13.2 Å². The zero-order valence-corrected chi connectivity index (χ0v) is 16.4. The molecule has 0 aliphatic heterocycles. The first kappa shape index (κ1) is 22.1. The number of benzene rings is 1. The number of nitro groups is 1. The molecule has 154 valence electrons. The molecule has 0 aliphatic rings. The zero-order valence-electron chi connectivity index (χ0n) is 15.7. The number of hydrogen-bond acceptors (Lipinski definition) is 8. The van der Waals surface area contributed by atoms with Gasteiger partial charge in [-0.2, -0.15) is 0 Å². The Morgan fingerprint density at radius 1 is 1.31 bits per heavy atom. The molecule has 11 heteroatoms. The Morgan fingerprint density at radius 2 is 2.07 bits per heavy atom. The number of anilines is 2. The minimum atomic E-state index is -1.17. The van der Waals surface area contributed by atoms with Crippen molar-refractivity contribution >= 4 is 40.5 Å². The molecule has 0 radical (unpaired) electrons. The van der Waals surface area contributed by atoms with E-state index >= 15 is 0 Å². The fourth-order valence-electron chi connectivity index (χ4n) is 2.24. The van der Waals surface area contributed by atoms with Crippen molar-refractivity contribution in [1.82, 2.24) is 4.98 Å². The second kappa shape index (κ2) is 10.3. The lowest BCUT2D eigenvalue weighted by atomic mass is 10.1. The second-order valence-corrected chi connectivity index (χ2v) is 6.15. The average molecular weight is 423 g/mol. The van der Waals surface area contributed by atoms with Gasteiger partial charge in [0.2, 0.25) is 0 Å². The van der Waals surface area contributed by atoms with Gasteiger partial charge in [0, 0.05) is 25.9 Å². The Hall–Kier alpha value is -3.24. The maximum Gasteiger partial charge on any atom is 0.339 e. The van der Waals surface area contributed by atoms with Gasteiger partial charge in [0.1, 0.15) is 5.69 Å². The van der Waals surface area contributed by atoms with E-state index in [0.717, 1.165) is 6.07 Å². The summed E-state index contributed by atoms with van der Waals surface area (Å²) in [6.45, 7) is 2.08. The largest absolute Gasteiger partial charge is 0.449 e. The third-order valence-electron chi connectivity index (χ3n) is 3.72. The Balaban J connectivity index is 2.07. The maximum atomic E-state index is 12.3. The molecule has 1 aromatic heterocycles. The summed E-state index contributed by atoms with van der Waals surface area (Å²) in [5.41, 5.74) is 0.146. The van der Waals surface area contributed by atoms with Crippen LogP contribution in [0.3, 0.4) is 0 Å². The van der Waals surface area contributed by atoms with Crippen LogP contribution in [-0.2, 0) is 14.3 Å². The molecular weight excluding hydrogens is 404 g/mol. The normalized spacial score (nSPS) is 11.4. The molecule has 1 amide bonds. The van der Waals surface area contributed by atoms with Crippen LogP contribution in [0, 0.1) is 10.1 Å². The molecule has 0 fully saturated rings. The molecule has 1 aromatic carbocycles. The number of esters is 1. The molecule has 1 heterocycles. The van der Waals surface area contributed by atoms with Crippen LogP contribution in [0.25, 0.3) is 0 Å². The maximum absolute atomic E-state index is 12.3. The van der Waals surface area contributed by atoms with Crippen molar-refractivity contribution in [3.05, 3.63) is 57.4 Å². The minimum absolute atomic E-state index is 0.0620. The number of ether oxygens (including phenoxy) is 2. The number of carbonyl (C=O) groups excluding carboxylic acids is 2. The molecule has 0 saturated heterocycles. The van der Waals surface area contributed by atoms with E-state index < -0.39 is 22.9 Å². The van der Waals surface area contributed by atoms with Crippen LogP contribution in [0.15, 0.2) is 36.5 Å². The summed E-state index contributed by atoms with van der Waals surface area (Å²) in [7, 11) is 1.51. The predicted octanol–water partition coefficient (Wildman–Crippen LogP) is 2.89. The average Bonchev–Trinajstić information content (AvgIpc) is 2.69. The lowest BCUT2D eigenvalue weighted by Crippen LogP contribution is -2.30. The van der Waals surface area contributed by atoms with Crippen molar-refractivity contribution in [3.63, 3.8) is 0 Å². The van der Waals surface area contributed by atoms with Crippen LogP contribution < -0.4 is 10.6 Å². The first-order valence-corrected chi connectivity index (χ1v) is 8.85. The highest BCUT2D eigenvalue weighted by Gasteiger charge is 2.23. The number of nitrogens with zero attached hydrogens (tertiary/aromatic N) is 2. The molecule has 1 unspecified atom stereocenters. The third kappa shape index (κ3) is 6.13. The molecule has 0 saturated carbocycles. The zero-order chi connectivity index (χ0) is 21.4. The van der Waals surface area contributed by atoms with Gasteiger partial charge >= 0.3 is 5.97 Å². The summed E-state index contributed by atoms with van der Waals surface area (Å²) in [6, 6.07) is 6.97. The quantitative estimate of drug-likeness (QED) is 0.207. The SMILES string of the molecule is COCCNc1ccc(C(=O)OC(C)C(=O)Nc2cccnc2Cl)cc1[N+](=O)[O-]. The van der Waals surface area contributed by atoms with Gasteiger partial charge < -0.3 is 20.1 Å². The number of nitro benzene ring substituents is 1. The van der Waals surface area contributed by atoms with E-state index in [1.165, 1.54) is 32.4 Å². The highest BCUT2D eigenvalue weighted by molar-refractivity contribution is 6.32. The first-order chi connectivity index (χ1) is 13.8. The van der Waals surface area contributed by atoms with Crippen molar-refractivity contribution < 1.29 is 24.0 Å². The number of methoxy groups -OCH3 is 1. The fraction of sp³-hybridized carbons (Fsp3) is 0.278. The molecule has 2 aromatic rings. The summed E-state index contributed by atoms with van der Waals surface area (Å²) in [5.74, 6) is -1.50. The van der Waals surface area contributed by atoms with Gasteiger partial charge in [-0.05, 0) is 31.2 Å². The number of pyridine rings is 1. The van der Waals surface area contributed by atoms with Crippen molar-refractivity contribution in [2.24, 2.45) is 0 Å². The van der Waals surface area contributed by atoms with Gasteiger partial charge in [-0.3, -0.25) is 14.9 Å². The third-order valence-corrected chi connectivity index (χ3v) is 4.02. The molecular formula is C18H19ClN4O6. The molecule has 0 aliphatic carbocycles. The number of aromatic nitrogens is 1. The van der Waals surface area contributed by atoms with E-state index in [1.807, 2.05) is 0 Å². The van der Waals surface area contributed by atoms with E-state index in [4.69, 9.17) is 21.1 Å². The first-order valence-electron chi connectivity index (χ1n) is 8.47. The van der Waals surface area contributed by atoms with Gasteiger partial charge in [-0.15, -0.1) is 0 Å². The molecule has 0 bridgehead atoms. The molecule has 29 heavy (non-hydrogen) atoms. The predicted molar refractivity (Wildman–Crippen MR) is 106 cm³/mol. The van der Waals surface area contributed by atoms with Crippen molar-refractivity contribution in [2.45, 2.75) is 13.0 Å². The number of carbonyl (C=O) groups is 2. The van der Waals surface area contributed by atoms with E-state index in [9.17, 15) is 19.7 Å². The van der Waals surface area contributed by atoms with Crippen LogP contribution in [-0.4, -0.2) is 48.1 Å². The number of rotatable bonds is 9. The smallest absolute Gasteiger partial charge is 0.339 e. The van der Waals surface area contributed by atoms with Crippen LogP contribution in [0.5, 0.6) is 0 Å². The van der Waals surface area contributed by atoms with E-state index in [1.54, 1.807) is 12.1 Å². The number of amides is 1. The molecule has 0 spiro atoms. The van der Waals surface area contributed by atoms with Gasteiger partial charge in [0.25, 0.3) is 11.6 Å². The number of hydrogen-bond donors (Lipinski definition) is 2. The number of halogens is 1. The second-order valence-electron chi connectivity index (χ2n) is 5.79. The van der Waals surface area contributed by atoms with Crippen LogP contribution in [0.1, 0.15) is 17.3 Å². The van der Waals surface area contributed by atoms with Gasteiger partial charge in [-0.25, -0.2) is 9.78 Å². The van der Waals surface area contributed by atoms with Gasteiger partial charge in [0.15, 0.2) is 11.3 Å².